The summed E-state index contributed by atoms with van der Waals surface area (Å²) in [5, 5.41) is 23.1. The number of carbonyl (C=O) groups excluding carboxylic acids is 1. The summed E-state index contributed by atoms with van der Waals surface area (Å²) in [6, 6.07) is 20.0. The molecular weight excluding hydrogens is 490 g/mol. The number of halogens is 1. The van der Waals surface area contributed by atoms with E-state index in [1.165, 1.54) is 25.3 Å². The molecule has 0 bridgehead atoms. The van der Waals surface area contributed by atoms with Crippen LogP contribution in [0.25, 0.3) is 6.08 Å². The normalized spacial score (nSPS) is 10.8. The second-order valence-electron chi connectivity index (χ2n) is 6.76. The number of amides is 1. The van der Waals surface area contributed by atoms with Gasteiger partial charge in [-0.15, -0.1) is 0 Å². The number of nitro groups is 1. The molecule has 0 saturated carbocycles. The van der Waals surface area contributed by atoms with Crippen molar-refractivity contribution in [2.24, 2.45) is 0 Å². The van der Waals surface area contributed by atoms with Gasteiger partial charge in [-0.3, -0.25) is 14.9 Å². The smallest absolute Gasteiger partial charge is 0.269 e. The summed E-state index contributed by atoms with van der Waals surface area (Å²) in [4.78, 5) is 23.0. The number of hydrogen-bond donors (Lipinski definition) is 1. The molecule has 0 unspecified atom stereocenters. The summed E-state index contributed by atoms with van der Waals surface area (Å²) < 4.78 is 11.9. The lowest BCUT2D eigenvalue weighted by molar-refractivity contribution is -0.384. The standard InChI is InChI=1S/C24H18BrN3O5/c1-32-23-12-16(10-18(14-26)24(29)27-20-6-3-5-19(25)13-20)8-9-22(23)33-15-17-4-2-7-21(11-17)28(30)31/h2-13H,15H2,1H3,(H,27,29)/b18-10-. The topological polar surface area (TPSA) is 114 Å². The first-order valence-electron chi connectivity index (χ1n) is 9.62. The molecule has 0 spiro atoms. The van der Waals surface area contributed by atoms with Gasteiger partial charge >= 0.3 is 0 Å². The molecule has 0 aliphatic heterocycles. The van der Waals surface area contributed by atoms with Gasteiger partial charge in [-0.25, -0.2) is 0 Å². The van der Waals surface area contributed by atoms with Crippen molar-refractivity contribution < 1.29 is 19.2 Å². The zero-order valence-corrected chi connectivity index (χ0v) is 19.0. The van der Waals surface area contributed by atoms with Gasteiger partial charge in [0.25, 0.3) is 11.6 Å². The fourth-order valence-electron chi connectivity index (χ4n) is 2.89. The summed E-state index contributed by atoms with van der Waals surface area (Å²) in [6.45, 7) is 0.103. The third kappa shape index (κ3) is 6.41. The number of hydrogen-bond acceptors (Lipinski definition) is 6. The first kappa shape index (κ1) is 23.5. The third-order valence-electron chi connectivity index (χ3n) is 4.46. The molecule has 1 amide bonds. The van der Waals surface area contributed by atoms with Gasteiger partial charge in [0.2, 0.25) is 0 Å². The van der Waals surface area contributed by atoms with Crippen LogP contribution in [0.5, 0.6) is 11.5 Å². The fraction of sp³-hybridized carbons (Fsp3) is 0.0833. The van der Waals surface area contributed by atoms with E-state index in [1.54, 1.807) is 48.5 Å². The number of nitrogens with zero attached hydrogens (tertiary/aromatic N) is 2. The predicted molar refractivity (Wildman–Crippen MR) is 127 cm³/mol. The average Bonchev–Trinajstić information content (AvgIpc) is 2.81. The highest BCUT2D eigenvalue weighted by molar-refractivity contribution is 9.10. The predicted octanol–water partition coefficient (Wildman–Crippen LogP) is 5.49. The van der Waals surface area contributed by atoms with Crippen molar-refractivity contribution >= 4 is 39.3 Å². The van der Waals surface area contributed by atoms with Crippen molar-refractivity contribution in [3.8, 4) is 17.6 Å². The number of nitrogens with one attached hydrogen (secondary N) is 1. The Bertz CT molecular complexity index is 1270. The molecule has 33 heavy (non-hydrogen) atoms. The number of methoxy groups -OCH3 is 1. The number of rotatable bonds is 8. The number of non-ortho nitro benzene ring substituents is 1. The molecule has 8 nitrogen and oxygen atoms in total. The van der Waals surface area contributed by atoms with Crippen LogP contribution in [0.3, 0.4) is 0 Å². The van der Waals surface area contributed by atoms with Crippen LogP contribution in [0.2, 0.25) is 0 Å². The van der Waals surface area contributed by atoms with E-state index in [0.29, 0.717) is 28.3 Å². The Morgan fingerprint density at radius 2 is 1.94 bits per heavy atom. The van der Waals surface area contributed by atoms with E-state index in [9.17, 15) is 20.2 Å². The van der Waals surface area contributed by atoms with Gasteiger partial charge in [-0.1, -0.05) is 40.2 Å². The molecule has 9 heteroatoms. The quantitative estimate of drug-likeness (QED) is 0.186. The first-order chi connectivity index (χ1) is 15.9. The maximum atomic E-state index is 12.5. The number of carbonyl (C=O) groups is 1. The second kappa shape index (κ2) is 10.9. The summed E-state index contributed by atoms with van der Waals surface area (Å²) in [7, 11) is 1.47. The molecule has 1 N–H and O–H groups in total. The number of benzene rings is 3. The first-order valence-corrected chi connectivity index (χ1v) is 10.4. The lowest BCUT2D eigenvalue weighted by Gasteiger charge is -2.12. The van der Waals surface area contributed by atoms with Crippen LogP contribution in [0.4, 0.5) is 11.4 Å². The lowest BCUT2D eigenvalue weighted by atomic mass is 10.1. The molecule has 0 aliphatic carbocycles. The molecule has 0 aliphatic rings. The average molecular weight is 508 g/mol. The van der Waals surface area contributed by atoms with Crippen LogP contribution in [0, 0.1) is 21.4 Å². The molecule has 3 aromatic rings. The number of ether oxygens (including phenoxy) is 2. The number of nitriles is 1. The van der Waals surface area contributed by atoms with E-state index in [1.807, 2.05) is 12.1 Å². The lowest BCUT2D eigenvalue weighted by Crippen LogP contribution is -2.13. The van der Waals surface area contributed by atoms with Crippen LogP contribution in [-0.4, -0.2) is 17.9 Å². The zero-order chi connectivity index (χ0) is 23.8. The Morgan fingerprint density at radius 3 is 2.64 bits per heavy atom. The van der Waals surface area contributed by atoms with E-state index in [4.69, 9.17) is 9.47 Å². The molecular formula is C24H18BrN3O5. The SMILES string of the molecule is COc1cc(/C=C(/C#N)C(=O)Nc2cccc(Br)c2)ccc1OCc1cccc([N+](=O)[O-])c1. The van der Waals surface area contributed by atoms with Gasteiger partial charge in [0.15, 0.2) is 11.5 Å². The number of anilines is 1. The van der Waals surface area contributed by atoms with Crippen LogP contribution in [-0.2, 0) is 11.4 Å². The van der Waals surface area contributed by atoms with Gasteiger partial charge in [0.1, 0.15) is 18.2 Å². The van der Waals surface area contributed by atoms with Crippen molar-refractivity contribution in [1.29, 1.82) is 5.26 Å². The highest BCUT2D eigenvalue weighted by Crippen LogP contribution is 2.30. The van der Waals surface area contributed by atoms with Gasteiger partial charge in [-0.2, -0.15) is 5.26 Å². The molecule has 3 aromatic carbocycles. The van der Waals surface area contributed by atoms with Crippen molar-refractivity contribution in [2.75, 3.05) is 12.4 Å². The van der Waals surface area contributed by atoms with Gasteiger partial charge in [-0.05, 0) is 47.5 Å². The monoisotopic (exact) mass is 507 g/mol. The number of nitro benzene ring substituents is 1. The largest absolute Gasteiger partial charge is 0.493 e. The molecule has 0 fully saturated rings. The van der Waals surface area contributed by atoms with Crippen molar-refractivity contribution in [2.45, 2.75) is 6.61 Å². The van der Waals surface area contributed by atoms with Gasteiger partial charge in [0.05, 0.1) is 12.0 Å². The van der Waals surface area contributed by atoms with E-state index in [0.717, 1.165) is 4.47 Å². The van der Waals surface area contributed by atoms with Crippen LogP contribution >= 0.6 is 15.9 Å². The Labute approximate surface area is 198 Å². The van der Waals surface area contributed by atoms with Crippen molar-refractivity contribution in [3.63, 3.8) is 0 Å². The van der Waals surface area contributed by atoms with E-state index < -0.39 is 10.8 Å². The van der Waals surface area contributed by atoms with Crippen molar-refractivity contribution in [1.82, 2.24) is 0 Å². The highest BCUT2D eigenvalue weighted by Gasteiger charge is 2.12. The molecule has 0 atom stereocenters. The van der Waals surface area contributed by atoms with E-state index in [2.05, 4.69) is 21.2 Å². The second-order valence-corrected chi connectivity index (χ2v) is 7.68. The van der Waals surface area contributed by atoms with Crippen LogP contribution < -0.4 is 14.8 Å². The van der Waals surface area contributed by atoms with E-state index in [-0.39, 0.29) is 17.9 Å². The van der Waals surface area contributed by atoms with E-state index >= 15 is 0 Å². The maximum Gasteiger partial charge on any atom is 0.269 e. The minimum atomic E-state index is -0.541. The van der Waals surface area contributed by atoms with Crippen LogP contribution in [0.15, 0.2) is 76.8 Å². The molecule has 0 heterocycles. The molecule has 166 valence electrons. The Balaban J connectivity index is 1.75. The minimum absolute atomic E-state index is 0.0197. The summed E-state index contributed by atoms with van der Waals surface area (Å²) in [5.74, 6) is 0.262. The highest BCUT2D eigenvalue weighted by atomic mass is 79.9. The van der Waals surface area contributed by atoms with Crippen molar-refractivity contribution in [3.05, 3.63) is 98.0 Å². The van der Waals surface area contributed by atoms with Crippen LogP contribution in [0.1, 0.15) is 11.1 Å². The van der Waals surface area contributed by atoms with Gasteiger partial charge < -0.3 is 14.8 Å². The Morgan fingerprint density at radius 1 is 1.15 bits per heavy atom. The minimum Gasteiger partial charge on any atom is -0.493 e. The molecule has 3 rings (SSSR count). The Hall–Kier alpha value is -4.16. The van der Waals surface area contributed by atoms with Gasteiger partial charge in [0, 0.05) is 22.3 Å². The molecule has 0 saturated heterocycles. The fourth-order valence-corrected chi connectivity index (χ4v) is 3.29. The maximum absolute atomic E-state index is 12.5. The zero-order valence-electron chi connectivity index (χ0n) is 17.4. The molecule has 0 aromatic heterocycles. The Kier molecular flexibility index (Phi) is 7.78. The summed E-state index contributed by atoms with van der Waals surface area (Å²) in [5.41, 5.74) is 1.65. The summed E-state index contributed by atoms with van der Waals surface area (Å²) >= 11 is 3.33. The summed E-state index contributed by atoms with van der Waals surface area (Å²) in [6.07, 6.45) is 1.44. The third-order valence-corrected chi connectivity index (χ3v) is 4.96. The molecule has 0 radical (unpaired) electrons.